The fourth-order valence-electron chi connectivity index (χ4n) is 2.92. The lowest BCUT2D eigenvalue weighted by molar-refractivity contribution is -0.122. The number of rotatable bonds is 8. The third kappa shape index (κ3) is 5.04. The monoisotopic (exact) mass is 383 g/mol. The molecule has 0 aliphatic rings. The molecule has 1 aromatic carbocycles. The van der Waals surface area contributed by atoms with E-state index in [9.17, 15) is 4.79 Å². The Hall–Kier alpha value is -2.47. The summed E-state index contributed by atoms with van der Waals surface area (Å²) in [5, 5.41) is 9.10. The molecular weight excluding hydrogens is 358 g/mol. The van der Waals surface area contributed by atoms with E-state index < -0.39 is 0 Å². The lowest BCUT2D eigenvalue weighted by atomic mass is 9.94. The SMILES string of the molecule is CCc1ccc(C(NC(=O)CCc2nc(-c3cccs3)no2)C(C)C)cc1. The van der Waals surface area contributed by atoms with Gasteiger partial charge in [0.05, 0.1) is 10.9 Å². The summed E-state index contributed by atoms with van der Waals surface area (Å²) in [6, 6.07) is 12.4. The zero-order chi connectivity index (χ0) is 19.2. The first kappa shape index (κ1) is 19.3. The van der Waals surface area contributed by atoms with Crippen LogP contribution in [0.1, 0.15) is 50.3 Å². The molecule has 0 fully saturated rings. The van der Waals surface area contributed by atoms with Gasteiger partial charge in [0.1, 0.15) is 0 Å². The Bertz CT molecular complexity index is 854. The third-order valence-electron chi connectivity index (χ3n) is 4.51. The van der Waals surface area contributed by atoms with Crippen molar-refractivity contribution in [1.29, 1.82) is 0 Å². The second-order valence-corrected chi connectivity index (χ2v) is 7.82. The number of hydrogen-bond acceptors (Lipinski definition) is 5. The molecule has 1 unspecified atom stereocenters. The van der Waals surface area contributed by atoms with E-state index in [0.29, 0.717) is 30.5 Å². The van der Waals surface area contributed by atoms with Crippen LogP contribution in [-0.2, 0) is 17.6 Å². The number of thiophene rings is 1. The van der Waals surface area contributed by atoms with Gasteiger partial charge in [0, 0.05) is 12.8 Å². The molecular formula is C21H25N3O2S. The Kier molecular flexibility index (Phi) is 6.40. The van der Waals surface area contributed by atoms with Crippen LogP contribution in [0.5, 0.6) is 0 Å². The topological polar surface area (TPSA) is 68.0 Å². The van der Waals surface area contributed by atoms with Crippen LogP contribution in [0.3, 0.4) is 0 Å². The summed E-state index contributed by atoms with van der Waals surface area (Å²) in [6.45, 7) is 6.37. The van der Waals surface area contributed by atoms with Crippen LogP contribution in [0.2, 0.25) is 0 Å². The Morgan fingerprint density at radius 1 is 1.22 bits per heavy atom. The van der Waals surface area contributed by atoms with E-state index in [1.807, 2.05) is 17.5 Å². The lowest BCUT2D eigenvalue weighted by Gasteiger charge is -2.23. The lowest BCUT2D eigenvalue weighted by Crippen LogP contribution is -2.31. The number of nitrogens with zero attached hydrogens (tertiary/aromatic N) is 2. The summed E-state index contributed by atoms with van der Waals surface area (Å²) < 4.78 is 5.27. The van der Waals surface area contributed by atoms with Gasteiger partial charge < -0.3 is 9.84 Å². The smallest absolute Gasteiger partial charge is 0.227 e. The fourth-order valence-corrected chi connectivity index (χ4v) is 3.57. The minimum Gasteiger partial charge on any atom is -0.349 e. The first-order valence-electron chi connectivity index (χ1n) is 9.31. The quantitative estimate of drug-likeness (QED) is 0.606. The number of aromatic nitrogens is 2. The summed E-state index contributed by atoms with van der Waals surface area (Å²) in [5.74, 6) is 1.36. The van der Waals surface area contributed by atoms with E-state index in [4.69, 9.17) is 4.52 Å². The van der Waals surface area contributed by atoms with Gasteiger partial charge in [-0.25, -0.2) is 0 Å². The Balaban J connectivity index is 1.58. The number of aryl methyl sites for hydroxylation is 2. The molecule has 2 heterocycles. The number of nitrogens with one attached hydrogen (secondary N) is 1. The first-order valence-corrected chi connectivity index (χ1v) is 10.2. The van der Waals surface area contributed by atoms with Crippen molar-refractivity contribution in [1.82, 2.24) is 15.5 Å². The largest absolute Gasteiger partial charge is 0.349 e. The van der Waals surface area contributed by atoms with E-state index in [2.05, 4.69) is 60.5 Å². The molecule has 3 rings (SSSR count). The van der Waals surface area contributed by atoms with Crippen LogP contribution in [-0.4, -0.2) is 16.0 Å². The highest BCUT2D eigenvalue weighted by molar-refractivity contribution is 7.13. The summed E-state index contributed by atoms with van der Waals surface area (Å²) in [6.07, 6.45) is 1.77. The van der Waals surface area contributed by atoms with Gasteiger partial charge in [0.15, 0.2) is 0 Å². The van der Waals surface area contributed by atoms with E-state index in [0.717, 1.165) is 16.9 Å². The van der Waals surface area contributed by atoms with Crippen LogP contribution in [0.15, 0.2) is 46.3 Å². The van der Waals surface area contributed by atoms with Crippen molar-refractivity contribution >= 4 is 17.2 Å². The number of amides is 1. The summed E-state index contributed by atoms with van der Waals surface area (Å²) in [5.41, 5.74) is 2.43. The predicted octanol–water partition coefficient (Wildman–Crippen LogP) is 4.81. The normalized spacial score (nSPS) is 12.3. The molecule has 1 N–H and O–H groups in total. The van der Waals surface area contributed by atoms with Crippen LogP contribution in [0, 0.1) is 5.92 Å². The van der Waals surface area contributed by atoms with Gasteiger partial charge >= 0.3 is 0 Å². The van der Waals surface area contributed by atoms with Gasteiger partial charge in [0.2, 0.25) is 17.6 Å². The maximum Gasteiger partial charge on any atom is 0.227 e. The summed E-state index contributed by atoms with van der Waals surface area (Å²) in [4.78, 5) is 17.8. The molecule has 27 heavy (non-hydrogen) atoms. The highest BCUT2D eigenvalue weighted by Gasteiger charge is 2.19. The average Bonchev–Trinajstić information content (AvgIpc) is 3.35. The van der Waals surface area contributed by atoms with Gasteiger partial charge in [-0.1, -0.05) is 56.3 Å². The molecule has 0 aliphatic heterocycles. The predicted molar refractivity (Wildman–Crippen MR) is 107 cm³/mol. The molecule has 3 aromatic rings. The van der Waals surface area contributed by atoms with E-state index in [-0.39, 0.29) is 11.9 Å². The van der Waals surface area contributed by atoms with E-state index >= 15 is 0 Å². The second-order valence-electron chi connectivity index (χ2n) is 6.87. The standard InChI is InChI=1S/C21H25N3O2S/c1-4-15-7-9-16(10-8-15)20(14(2)3)22-18(25)11-12-19-23-21(24-26-19)17-6-5-13-27-17/h5-10,13-14,20H,4,11-12H2,1-3H3,(H,22,25). The zero-order valence-corrected chi connectivity index (χ0v) is 16.8. The zero-order valence-electron chi connectivity index (χ0n) is 15.9. The van der Waals surface area contributed by atoms with Crippen LogP contribution < -0.4 is 5.32 Å². The molecule has 6 heteroatoms. The average molecular weight is 384 g/mol. The van der Waals surface area contributed by atoms with Crippen molar-refractivity contribution in [2.24, 2.45) is 5.92 Å². The minimum absolute atomic E-state index is 0.00669. The van der Waals surface area contributed by atoms with Crippen molar-refractivity contribution in [2.45, 2.75) is 46.1 Å². The molecule has 0 saturated carbocycles. The summed E-state index contributed by atoms with van der Waals surface area (Å²) in [7, 11) is 0. The number of hydrogen-bond donors (Lipinski definition) is 1. The highest BCUT2D eigenvalue weighted by Crippen LogP contribution is 2.23. The molecule has 0 saturated heterocycles. The van der Waals surface area contributed by atoms with Crippen molar-refractivity contribution in [3.63, 3.8) is 0 Å². The van der Waals surface area contributed by atoms with Gasteiger partial charge in [-0.3, -0.25) is 4.79 Å². The number of benzene rings is 1. The fraction of sp³-hybridized carbons (Fsp3) is 0.381. The van der Waals surface area contributed by atoms with Crippen LogP contribution >= 0.6 is 11.3 Å². The third-order valence-corrected chi connectivity index (χ3v) is 5.37. The maximum atomic E-state index is 12.5. The number of carbonyl (C=O) groups is 1. The van der Waals surface area contributed by atoms with Crippen molar-refractivity contribution in [3.8, 4) is 10.7 Å². The van der Waals surface area contributed by atoms with E-state index in [1.165, 1.54) is 5.56 Å². The van der Waals surface area contributed by atoms with Gasteiger partial charge in [-0.05, 0) is 34.9 Å². The minimum atomic E-state index is -0.0101. The Morgan fingerprint density at radius 2 is 2.00 bits per heavy atom. The Morgan fingerprint density at radius 3 is 2.63 bits per heavy atom. The second kappa shape index (κ2) is 8.95. The summed E-state index contributed by atoms with van der Waals surface area (Å²) >= 11 is 1.56. The molecule has 2 aromatic heterocycles. The van der Waals surface area contributed by atoms with Crippen molar-refractivity contribution in [2.75, 3.05) is 0 Å². The molecule has 1 amide bonds. The molecule has 0 bridgehead atoms. The maximum absolute atomic E-state index is 12.5. The molecule has 5 nitrogen and oxygen atoms in total. The van der Waals surface area contributed by atoms with E-state index in [1.54, 1.807) is 11.3 Å². The highest BCUT2D eigenvalue weighted by atomic mass is 32.1. The van der Waals surface area contributed by atoms with Crippen LogP contribution in [0.4, 0.5) is 0 Å². The van der Waals surface area contributed by atoms with Gasteiger partial charge in [0.25, 0.3) is 0 Å². The molecule has 0 radical (unpaired) electrons. The molecule has 0 aliphatic carbocycles. The van der Waals surface area contributed by atoms with Gasteiger partial charge in [-0.15, -0.1) is 11.3 Å². The van der Waals surface area contributed by atoms with Gasteiger partial charge in [-0.2, -0.15) is 4.98 Å². The Labute approximate surface area is 163 Å². The molecule has 1 atom stereocenters. The first-order chi connectivity index (χ1) is 13.1. The van der Waals surface area contributed by atoms with Crippen molar-refractivity contribution in [3.05, 3.63) is 58.8 Å². The molecule has 142 valence electrons. The van der Waals surface area contributed by atoms with Crippen LogP contribution in [0.25, 0.3) is 10.7 Å². The number of carbonyl (C=O) groups excluding carboxylic acids is 1. The van der Waals surface area contributed by atoms with Crippen molar-refractivity contribution < 1.29 is 9.32 Å². The molecule has 0 spiro atoms.